The molecule has 0 aliphatic carbocycles. The number of furan rings is 1. The molecule has 2 aromatic rings. The van der Waals surface area contributed by atoms with Crippen LogP contribution in [0.3, 0.4) is 0 Å². The highest BCUT2D eigenvalue weighted by Crippen LogP contribution is 2.34. The first-order chi connectivity index (χ1) is 9.15. The van der Waals surface area contributed by atoms with E-state index in [-0.39, 0.29) is 11.3 Å². The summed E-state index contributed by atoms with van der Waals surface area (Å²) >= 11 is 6.47. The fraction of sp³-hybridized carbons (Fsp3) is 0.267. The van der Waals surface area contributed by atoms with Crippen molar-refractivity contribution in [3.05, 3.63) is 53.0 Å². The summed E-state index contributed by atoms with van der Waals surface area (Å²) in [6.07, 6.45) is 2.94. The average molecular weight is 276 g/mol. The molecule has 1 N–H and O–H groups in total. The van der Waals surface area contributed by atoms with Gasteiger partial charge in [0.1, 0.15) is 11.1 Å². The average Bonchev–Trinajstić information content (AvgIpc) is 2.83. The Kier molecular flexibility index (Phi) is 3.07. The standard InChI is InChI=1S/C15H14ClNO2/c1-9-6-7-19-15(9)14(16)11-2-4-12-10(8-11)3-5-13(18)17-12/h2,4,6-8,14H,3,5H2,1H3,(H,17,18). The van der Waals surface area contributed by atoms with Crippen molar-refractivity contribution in [1.82, 2.24) is 0 Å². The topological polar surface area (TPSA) is 42.2 Å². The number of carbonyl (C=O) groups excluding carboxylic acids is 1. The zero-order valence-corrected chi connectivity index (χ0v) is 11.3. The zero-order valence-electron chi connectivity index (χ0n) is 10.6. The van der Waals surface area contributed by atoms with Crippen LogP contribution in [0.25, 0.3) is 0 Å². The first kappa shape index (κ1) is 12.3. The fourth-order valence-electron chi connectivity index (χ4n) is 2.36. The molecule has 3 rings (SSSR count). The number of aryl methyl sites for hydroxylation is 2. The van der Waals surface area contributed by atoms with Crippen molar-refractivity contribution < 1.29 is 9.21 Å². The van der Waals surface area contributed by atoms with Gasteiger partial charge in [0.25, 0.3) is 0 Å². The summed E-state index contributed by atoms with van der Waals surface area (Å²) in [5.74, 6) is 0.853. The largest absolute Gasteiger partial charge is 0.467 e. The van der Waals surface area contributed by atoms with Gasteiger partial charge in [0.05, 0.1) is 6.26 Å². The second-order valence-corrected chi connectivity index (χ2v) is 5.23. The van der Waals surface area contributed by atoms with E-state index < -0.39 is 0 Å². The molecule has 19 heavy (non-hydrogen) atoms. The second-order valence-electron chi connectivity index (χ2n) is 4.80. The van der Waals surface area contributed by atoms with Crippen molar-refractivity contribution in [3.8, 4) is 0 Å². The second kappa shape index (κ2) is 4.74. The lowest BCUT2D eigenvalue weighted by atomic mass is 9.98. The molecule has 1 aromatic heterocycles. The van der Waals surface area contributed by atoms with Crippen LogP contribution < -0.4 is 5.32 Å². The van der Waals surface area contributed by atoms with E-state index in [1.165, 1.54) is 0 Å². The van der Waals surface area contributed by atoms with Gasteiger partial charge in [-0.05, 0) is 42.2 Å². The lowest BCUT2D eigenvalue weighted by molar-refractivity contribution is -0.116. The van der Waals surface area contributed by atoms with Gasteiger partial charge >= 0.3 is 0 Å². The maximum absolute atomic E-state index is 11.3. The molecule has 0 spiro atoms. The third-order valence-electron chi connectivity index (χ3n) is 3.45. The van der Waals surface area contributed by atoms with E-state index in [9.17, 15) is 4.79 Å². The summed E-state index contributed by atoms with van der Waals surface area (Å²) in [6.45, 7) is 1.98. The minimum atomic E-state index is -0.294. The van der Waals surface area contributed by atoms with Crippen molar-refractivity contribution in [2.45, 2.75) is 25.1 Å². The summed E-state index contributed by atoms with van der Waals surface area (Å²) in [6, 6.07) is 7.80. The van der Waals surface area contributed by atoms with Crippen LogP contribution in [0.2, 0.25) is 0 Å². The van der Waals surface area contributed by atoms with Gasteiger partial charge in [0.2, 0.25) is 5.91 Å². The SMILES string of the molecule is Cc1ccoc1C(Cl)c1ccc2c(c1)CCC(=O)N2. The molecule has 3 nitrogen and oxygen atoms in total. The van der Waals surface area contributed by atoms with Crippen LogP contribution in [-0.4, -0.2) is 5.91 Å². The van der Waals surface area contributed by atoms with Crippen molar-refractivity contribution in [3.63, 3.8) is 0 Å². The highest BCUT2D eigenvalue weighted by atomic mass is 35.5. The molecule has 1 aliphatic rings. The highest BCUT2D eigenvalue weighted by Gasteiger charge is 2.20. The summed E-state index contributed by atoms with van der Waals surface area (Å²) < 4.78 is 5.44. The number of halogens is 1. The molecule has 0 saturated carbocycles. The first-order valence-electron chi connectivity index (χ1n) is 6.26. The van der Waals surface area contributed by atoms with Gasteiger partial charge in [-0.1, -0.05) is 12.1 Å². The number of alkyl halides is 1. The van der Waals surface area contributed by atoms with Crippen LogP contribution in [0.5, 0.6) is 0 Å². The van der Waals surface area contributed by atoms with E-state index in [1.54, 1.807) is 6.26 Å². The highest BCUT2D eigenvalue weighted by molar-refractivity contribution is 6.22. The lowest BCUT2D eigenvalue weighted by Gasteiger charge is -2.18. The first-order valence-corrected chi connectivity index (χ1v) is 6.69. The number of anilines is 1. The number of fused-ring (bicyclic) bond motifs is 1. The lowest BCUT2D eigenvalue weighted by Crippen LogP contribution is -2.19. The Balaban J connectivity index is 1.94. The van der Waals surface area contributed by atoms with Gasteiger partial charge in [-0.2, -0.15) is 0 Å². The number of rotatable bonds is 2. The Morgan fingerprint density at radius 3 is 2.89 bits per heavy atom. The molecule has 0 radical (unpaired) electrons. The molecule has 98 valence electrons. The fourth-order valence-corrected chi connectivity index (χ4v) is 2.72. The van der Waals surface area contributed by atoms with Crippen LogP contribution in [-0.2, 0) is 11.2 Å². The number of hydrogen-bond acceptors (Lipinski definition) is 2. The summed E-state index contributed by atoms with van der Waals surface area (Å²) in [5.41, 5.74) is 4.06. The Hall–Kier alpha value is -1.74. The normalized spacial score (nSPS) is 15.8. The molecule has 1 aromatic carbocycles. The van der Waals surface area contributed by atoms with Crippen molar-refractivity contribution in [2.24, 2.45) is 0 Å². The van der Waals surface area contributed by atoms with Gasteiger partial charge < -0.3 is 9.73 Å². The van der Waals surface area contributed by atoms with Crippen LogP contribution in [0.1, 0.15) is 34.2 Å². The molecule has 1 aliphatic heterocycles. The molecule has 1 amide bonds. The Labute approximate surface area is 116 Å². The zero-order chi connectivity index (χ0) is 13.4. The maximum atomic E-state index is 11.3. The molecule has 0 bridgehead atoms. The number of carbonyl (C=O) groups is 1. The molecular formula is C15H14ClNO2. The predicted octanol–water partition coefficient (Wildman–Crippen LogP) is 3.80. The van der Waals surface area contributed by atoms with Crippen molar-refractivity contribution in [2.75, 3.05) is 5.32 Å². The van der Waals surface area contributed by atoms with Gasteiger partial charge in [-0.3, -0.25) is 4.79 Å². The molecule has 0 saturated heterocycles. The van der Waals surface area contributed by atoms with Gasteiger partial charge in [-0.25, -0.2) is 0 Å². The minimum Gasteiger partial charge on any atom is -0.467 e. The number of benzene rings is 1. The van der Waals surface area contributed by atoms with E-state index in [4.69, 9.17) is 16.0 Å². The summed E-state index contributed by atoms with van der Waals surface area (Å²) in [7, 11) is 0. The Morgan fingerprint density at radius 2 is 2.16 bits per heavy atom. The Bertz CT molecular complexity index is 633. The predicted molar refractivity (Wildman–Crippen MR) is 74.5 cm³/mol. The van der Waals surface area contributed by atoms with Crippen LogP contribution >= 0.6 is 11.6 Å². The quantitative estimate of drug-likeness (QED) is 0.847. The maximum Gasteiger partial charge on any atom is 0.224 e. The van der Waals surface area contributed by atoms with E-state index in [2.05, 4.69) is 11.4 Å². The number of amides is 1. The van der Waals surface area contributed by atoms with Gasteiger partial charge in [0.15, 0.2) is 0 Å². The van der Waals surface area contributed by atoms with Crippen LogP contribution in [0, 0.1) is 6.92 Å². The third kappa shape index (κ3) is 2.26. The van der Waals surface area contributed by atoms with Gasteiger partial charge in [-0.15, -0.1) is 11.6 Å². The van der Waals surface area contributed by atoms with Crippen LogP contribution in [0.15, 0.2) is 34.9 Å². The van der Waals surface area contributed by atoms with Gasteiger partial charge in [0, 0.05) is 12.1 Å². The number of nitrogens with one attached hydrogen (secondary N) is 1. The molecule has 1 unspecified atom stereocenters. The van der Waals surface area contributed by atoms with E-state index >= 15 is 0 Å². The Morgan fingerprint density at radius 1 is 1.32 bits per heavy atom. The minimum absolute atomic E-state index is 0.0737. The monoisotopic (exact) mass is 275 g/mol. The van der Waals surface area contributed by atoms with E-state index in [0.29, 0.717) is 6.42 Å². The van der Waals surface area contributed by atoms with Crippen molar-refractivity contribution in [1.29, 1.82) is 0 Å². The van der Waals surface area contributed by atoms with Crippen LogP contribution in [0.4, 0.5) is 5.69 Å². The molecule has 1 atom stereocenters. The number of hydrogen-bond donors (Lipinski definition) is 1. The summed E-state index contributed by atoms with van der Waals surface area (Å²) in [5, 5.41) is 2.57. The van der Waals surface area contributed by atoms with E-state index in [1.807, 2.05) is 25.1 Å². The molecular weight excluding hydrogens is 262 g/mol. The molecule has 4 heteroatoms. The summed E-state index contributed by atoms with van der Waals surface area (Å²) in [4.78, 5) is 11.3. The van der Waals surface area contributed by atoms with E-state index in [0.717, 1.165) is 34.6 Å². The third-order valence-corrected chi connectivity index (χ3v) is 3.90. The smallest absolute Gasteiger partial charge is 0.224 e. The molecule has 0 fully saturated rings. The van der Waals surface area contributed by atoms with Crippen molar-refractivity contribution >= 4 is 23.2 Å². The molecule has 2 heterocycles.